The maximum absolute atomic E-state index is 4.50. The normalized spacial score (nSPS) is 18.0. The van der Waals surface area contributed by atoms with Gasteiger partial charge in [0.2, 0.25) is 0 Å². The van der Waals surface area contributed by atoms with Crippen molar-refractivity contribution in [2.75, 3.05) is 13.2 Å². The van der Waals surface area contributed by atoms with Crippen LogP contribution in [0.25, 0.3) is 0 Å². The summed E-state index contributed by atoms with van der Waals surface area (Å²) in [6, 6.07) is 0. The number of epoxide rings is 1. The summed E-state index contributed by atoms with van der Waals surface area (Å²) in [7, 11) is 0. The van der Waals surface area contributed by atoms with E-state index in [-0.39, 0.29) is 18.9 Å². The van der Waals surface area contributed by atoms with Gasteiger partial charge in [0.05, 0.1) is 13.2 Å². The van der Waals surface area contributed by atoms with Crippen LogP contribution in [0, 0.1) is 0 Å². The second-order valence-corrected chi connectivity index (χ2v) is 0.612. The molecule has 0 radical (unpaired) electrons. The van der Waals surface area contributed by atoms with Crippen molar-refractivity contribution < 1.29 is 4.74 Å². The Balaban J connectivity index is 0.0000000900. The van der Waals surface area contributed by atoms with Gasteiger partial charge in [0, 0.05) is 0 Å². The molecule has 0 aromatic rings. The van der Waals surface area contributed by atoms with E-state index in [4.69, 9.17) is 0 Å². The van der Waals surface area contributed by atoms with E-state index in [1.54, 1.807) is 0 Å². The zero-order valence-corrected chi connectivity index (χ0v) is 1.82. The monoisotopic (exact) mass is 52.1 g/mol. The predicted octanol–water partition coefficient (Wildman–Crippen LogP) is -0.632. The molecule has 1 aliphatic heterocycles. The van der Waals surface area contributed by atoms with E-state index < -0.39 is 0 Å². The van der Waals surface area contributed by atoms with Crippen molar-refractivity contribution in [1.82, 2.24) is 0 Å². The molecule has 0 spiro atoms. The van der Waals surface area contributed by atoms with Gasteiger partial charge in [-0.1, -0.05) is 0 Å². The van der Waals surface area contributed by atoms with E-state index in [0.717, 1.165) is 13.2 Å². The Morgan fingerprint density at radius 1 is 1.25 bits per heavy atom. The molecule has 0 aliphatic carbocycles. The number of ether oxygens (including phenoxy) is 1. The van der Waals surface area contributed by atoms with Crippen LogP contribution in [0.4, 0.5) is 0 Å². The molecule has 1 saturated heterocycles. The van der Waals surface area contributed by atoms with Gasteiger partial charge in [-0.15, -0.1) is 0 Å². The van der Waals surface area contributed by atoms with Crippen molar-refractivity contribution in [2.24, 2.45) is 0 Å². The Morgan fingerprint density at radius 3 is 1.50 bits per heavy atom. The second kappa shape index (κ2) is 1.84. The van der Waals surface area contributed by atoms with Crippen LogP contribution in [0.15, 0.2) is 0 Å². The molecule has 0 aromatic heterocycles. The predicted molar refractivity (Wildman–Crippen MR) is 18.0 cm³/mol. The van der Waals surface area contributed by atoms with Crippen LogP contribution in [0.5, 0.6) is 0 Å². The van der Waals surface area contributed by atoms with E-state index in [1.165, 1.54) is 0 Å². The Morgan fingerprint density at radius 2 is 1.50 bits per heavy atom. The Labute approximate surface area is 37.5 Å². The summed E-state index contributed by atoms with van der Waals surface area (Å²) in [5.41, 5.74) is 0. The molecule has 1 fully saturated rings. The molecule has 1 heterocycles. The van der Waals surface area contributed by atoms with Gasteiger partial charge in [0.25, 0.3) is 0 Å². The third kappa shape index (κ3) is 2.56. The third-order valence-corrected chi connectivity index (χ3v) is 0.204. The summed E-state index contributed by atoms with van der Waals surface area (Å²) >= 11 is 0. The standard InChI is InChI=1S/C2H4O.Li.H/c1-2-3-1;;/h1-2H2;;. The molecule has 0 bridgehead atoms. The first-order valence-electron chi connectivity index (χ1n) is 1.08. The molecule has 0 saturated carbocycles. The van der Waals surface area contributed by atoms with E-state index in [0.29, 0.717) is 0 Å². The number of hydrogen-bond acceptors (Lipinski definition) is 1. The molecule has 0 amide bonds. The van der Waals surface area contributed by atoms with Crippen LogP contribution in [-0.2, 0) is 4.74 Å². The molecule has 0 N–H and O–H groups in total. The van der Waals surface area contributed by atoms with Crippen LogP contribution >= 0.6 is 0 Å². The van der Waals surface area contributed by atoms with Gasteiger partial charge < -0.3 is 4.74 Å². The molecule has 0 unspecified atom stereocenters. The first-order chi connectivity index (χ1) is 1.50. The van der Waals surface area contributed by atoms with Crippen molar-refractivity contribution in [3.05, 3.63) is 0 Å². The quantitative estimate of drug-likeness (QED) is 0.264. The summed E-state index contributed by atoms with van der Waals surface area (Å²) in [6.07, 6.45) is 0. The fourth-order valence-corrected chi connectivity index (χ4v) is 0. The fraction of sp³-hybridized carbons (Fsp3) is 1.00. The van der Waals surface area contributed by atoms with Gasteiger partial charge >= 0.3 is 18.9 Å². The van der Waals surface area contributed by atoms with E-state index in [2.05, 4.69) is 4.74 Å². The molecule has 20 valence electrons. The van der Waals surface area contributed by atoms with Crippen LogP contribution in [0.3, 0.4) is 0 Å². The molecule has 0 atom stereocenters. The zero-order valence-electron chi connectivity index (χ0n) is 1.82. The minimum absolute atomic E-state index is 0. The summed E-state index contributed by atoms with van der Waals surface area (Å²) in [4.78, 5) is 0. The summed E-state index contributed by atoms with van der Waals surface area (Å²) in [5, 5.41) is 0. The van der Waals surface area contributed by atoms with Gasteiger partial charge in [-0.25, -0.2) is 0 Å². The van der Waals surface area contributed by atoms with Gasteiger partial charge in [-0.2, -0.15) is 0 Å². The maximum atomic E-state index is 4.50. The molecular formula is C2H5LiO. The first kappa shape index (κ1) is 4.56. The molecule has 1 aliphatic rings. The average molecular weight is 52.0 g/mol. The first-order valence-corrected chi connectivity index (χ1v) is 1.08. The minimum atomic E-state index is 0. The molecule has 1 rings (SSSR count). The van der Waals surface area contributed by atoms with E-state index >= 15 is 0 Å². The van der Waals surface area contributed by atoms with E-state index in [9.17, 15) is 0 Å². The third-order valence-electron chi connectivity index (χ3n) is 0.204. The van der Waals surface area contributed by atoms with Crippen molar-refractivity contribution in [3.63, 3.8) is 0 Å². The van der Waals surface area contributed by atoms with Gasteiger partial charge in [0.15, 0.2) is 0 Å². The van der Waals surface area contributed by atoms with Gasteiger partial charge in [-0.05, 0) is 0 Å². The molecule has 0 aromatic carbocycles. The van der Waals surface area contributed by atoms with Crippen LogP contribution in [-0.4, -0.2) is 32.1 Å². The summed E-state index contributed by atoms with van der Waals surface area (Å²) in [5.74, 6) is 0. The summed E-state index contributed by atoms with van der Waals surface area (Å²) in [6.45, 7) is 2.00. The topological polar surface area (TPSA) is 12.5 Å². The molecular weight excluding hydrogens is 47.0 g/mol. The molecule has 1 nitrogen and oxygen atoms in total. The van der Waals surface area contributed by atoms with Crippen molar-refractivity contribution in [3.8, 4) is 0 Å². The molecule has 2 heteroatoms. The van der Waals surface area contributed by atoms with E-state index in [1.807, 2.05) is 0 Å². The van der Waals surface area contributed by atoms with Gasteiger partial charge in [0.1, 0.15) is 0 Å². The van der Waals surface area contributed by atoms with Crippen LogP contribution in [0.1, 0.15) is 0 Å². The van der Waals surface area contributed by atoms with Crippen LogP contribution in [0.2, 0.25) is 0 Å². The Bertz CT molecular complexity index is 10.8. The summed E-state index contributed by atoms with van der Waals surface area (Å²) < 4.78 is 4.50. The van der Waals surface area contributed by atoms with Gasteiger partial charge in [-0.3, -0.25) is 0 Å². The van der Waals surface area contributed by atoms with Crippen molar-refractivity contribution in [2.45, 2.75) is 0 Å². The Kier molecular flexibility index (Phi) is 2.09. The van der Waals surface area contributed by atoms with Crippen LogP contribution < -0.4 is 0 Å². The average Bonchev–Trinajstić information content (AvgIpc) is 1.46. The van der Waals surface area contributed by atoms with Crippen molar-refractivity contribution >= 4 is 18.9 Å². The SMILES string of the molecule is C1CO1.[LiH]. The number of hydrogen-bond donors (Lipinski definition) is 0. The van der Waals surface area contributed by atoms with Crippen molar-refractivity contribution in [1.29, 1.82) is 0 Å². The second-order valence-electron chi connectivity index (χ2n) is 0.612. The molecule has 4 heavy (non-hydrogen) atoms. The number of rotatable bonds is 0. The fourth-order valence-electron chi connectivity index (χ4n) is 0. The zero-order chi connectivity index (χ0) is 2.12. The Hall–Kier alpha value is 0.557.